The molecule has 1 unspecified atom stereocenters. The normalized spacial score (nSPS) is 13.2. The summed E-state index contributed by atoms with van der Waals surface area (Å²) < 4.78 is 0. The highest BCUT2D eigenvalue weighted by molar-refractivity contribution is 5.78. The number of amides is 1. The van der Waals surface area contributed by atoms with Crippen LogP contribution in [0.3, 0.4) is 0 Å². The summed E-state index contributed by atoms with van der Waals surface area (Å²) in [4.78, 5) is 15.5. The zero-order valence-electron chi connectivity index (χ0n) is 12.1. The van der Waals surface area contributed by atoms with Crippen LogP contribution < -0.4 is 0 Å². The predicted octanol–water partition coefficient (Wildman–Crippen LogP) is 0.697. The summed E-state index contributed by atoms with van der Waals surface area (Å²) in [6.07, 6.45) is 0. The average Bonchev–Trinajstić information content (AvgIpc) is 2.22. The Kier molecular flexibility index (Phi) is 6.89. The van der Waals surface area contributed by atoms with E-state index in [1.165, 1.54) is 0 Å². The molecule has 0 rings (SSSR count). The van der Waals surface area contributed by atoms with E-state index < -0.39 is 5.60 Å². The van der Waals surface area contributed by atoms with Crippen LogP contribution in [0.2, 0.25) is 0 Å². The van der Waals surface area contributed by atoms with Crippen molar-refractivity contribution in [3.63, 3.8) is 0 Å². The second-order valence-electron chi connectivity index (χ2n) is 5.45. The van der Waals surface area contributed by atoms with Gasteiger partial charge in [-0.1, -0.05) is 0 Å². The molecule has 0 aromatic carbocycles. The van der Waals surface area contributed by atoms with Gasteiger partial charge in [0.2, 0.25) is 5.91 Å². The molecular formula is C13H25N3O2. The second-order valence-corrected chi connectivity index (χ2v) is 5.45. The number of hydrogen-bond donors (Lipinski definition) is 1. The molecule has 0 bridgehead atoms. The predicted molar refractivity (Wildman–Crippen MR) is 70.8 cm³/mol. The van der Waals surface area contributed by atoms with Gasteiger partial charge in [-0.25, -0.2) is 0 Å². The van der Waals surface area contributed by atoms with E-state index in [1.807, 2.05) is 6.92 Å². The number of likely N-dealkylation sites (N-methyl/N-ethyl adjacent to an activating group) is 2. The third kappa shape index (κ3) is 7.25. The van der Waals surface area contributed by atoms with Crippen molar-refractivity contribution in [1.29, 1.82) is 5.26 Å². The first-order chi connectivity index (χ1) is 8.19. The third-order valence-corrected chi connectivity index (χ3v) is 2.51. The summed E-state index contributed by atoms with van der Waals surface area (Å²) in [6.45, 7) is 8.88. The van der Waals surface area contributed by atoms with Crippen LogP contribution in [-0.4, -0.2) is 59.6 Å². The maximum atomic E-state index is 12.0. The summed E-state index contributed by atoms with van der Waals surface area (Å²) in [5.74, 6) is -0.167. The molecule has 0 saturated carbocycles. The van der Waals surface area contributed by atoms with Crippen molar-refractivity contribution in [2.75, 3.05) is 33.2 Å². The first-order valence-corrected chi connectivity index (χ1v) is 6.28. The Labute approximate surface area is 110 Å². The number of carbonyl (C=O) groups is 1. The largest absolute Gasteiger partial charge is 0.389 e. The summed E-state index contributed by atoms with van der Waals surface area (Å²) in [5.41, 5.74) is -0.813. The van der Waals surface area contributed by atoms with E-state index in [9.17, 15) is 9.90 Å². The van der Waals surface area contributed by atoms with Gasteiger partial charge in [-0.05, 0) is 34.7 Å². The molecule has 1 atom stereocenters. The maximum Gasteiger partial charge on any atom is 0.236 e. The summed E-state index contributed by atoms with van der Waals surface area (Å²) in [7, 11) is 1.80. The highest BCUT2D eigenvalue weighted by Crippen LogP contribution is 2.05. The molecule has 0 saturated heterocycles. The Morgan fingerprint density at radius 3 is 2.44 bits per heavy atom. The fourth-order valence-electron chi connectivity index (χ4n) is 1.83. The average molecular weight is 255 g/mol. The SMILES string of the molecule is CCN(CC(C)C#N)C(=O)CN(C)CC(C)(C)O. The van der Waals surface area contributed by atoms with Crippen molar-refractivity contribution in [2.24, 2.45) is 5.92 Å². The quantitative estimate of drug-likeness (QED) is 0.727. The standard InChI is InChI=1S/C13H25N3O2/c1-6-16(8-11(2)7-14)12(17)9-15(5)10-13(3,4)18/h11,18H,6,8-10H2,1-5H3. The Morgan fingerprint density at radius 2 is 2.06 bits per heavy atom. The second kappa shape index (κ2) is 7.34. The van der Waals surface area contributed by atoms with Crippen LogP contribution in [0.4, 0.5) is 0 Å². The molecule has 1 amide bonds. The van der Waals surface area contributed by atoms with Gasteiger partial charge in [-0.2, -0.15) is 5.26 Å². The molecule has 0 aliphatic rings. The van der Waals surface area contributed by atoms with Gasteiger partial charge in [0.15, 0.2) is 0 Å². The topological polar surface area (TPSA) is 67.6 Å². The lowest BCUT2D eigenvalue weighted by molar-refractivity contribution is -0.132. The van der Waals surface area contributed by atoms with Crippen LogP contribution in [0, 0.1) is 17.2 Å². The zero-order chi connectivity index (χ0) is 14.3. The van der Waals surface area contributed by atoms with Crippen LogP contribution in [0.5, 0.6) is 0 Å². The summed E-state index contributed by atoms with van der Waals surface area (Å²) in [5, 5.41) is 18.4. The van der Waals surface area contributed by atoms with Gasteiger partial charge in [0, 0.05) is 19.6 Å². The molecular weight excluding hydrogens is 230 g/mol. The van der Waals surface area contributed by atoms with Crippen molar-refractivity contribution in [3.8, 4) is 6.07 Å². The molecule has 104 valence electrons. The first-order valence-electron chi connectivity index (χ1n) is 6.28. The molecule has 1 N–H and O–H groups in total. The Hall–Kier alpha value is -1.12. The molecule has 0 spiro atoms. The molecule has 18 heavy (non-hydrogen) atoms. The third-order valence-electron chi connectivity index (χ3n) is 2.51. The van der Waals surface area contributed by atoms with Crippen LogP contribution in [0.25, 0.3) is 0 Å². The lowest BCUT2D eigenvalue weighted by Gasteiger charge is -2.28. The van der Waals surface area contributed by atoms with E-state index in [1.54, 1.807) is 37.6 Å². The molecule has 5 nitrogen and oxygen atoms in total. The van der Waals surface area contributed by atoms with Crippen LogP contribution >= 0.6 is 0 Å². The van der Waals surface area contributed by atoms with Gasteiger partial charge in [-0.3, -0.25) is 9.69 Å². The van der Waals surface area contributed by atoms with E-state index in [0.29, 0.717) is 19.6 Å². The fraction of sp³-hybridized carbons (Fsp3) is 0.846. The maximum absolute atomic E-state index is 12.0. The van der Waals surface area contributed by atoms with Crippen LogP contribution in [0.1, 0.15) is 27.7 Å². The summed E-state index contributed by atoms with van der Waals surface area (Å²) >= 11 is 0. The lowest BCUT2D eigenvalue weighted by atomic mass is 10.1. The van der Waals surface area contributed by atoms with Gasteiger partial charge in [0.25, 0.3) is 0 Å². The number of nitrogens with zero attached hydrogens (tertiary/aromatic N) is 3. The Morgan fingerprint density at radius 1 is 1.50 bits per heavy atom. The Balaban J connectivity index is 4.32. The molecule has 0 aliphatic carbocycles. The van der Waals surface area contributed by atoms with E-state index in [0.717, 1.165) is 0 Å². The van der Waals surface area contributed by atoms with Crippen molar-refractivity contribution < 1.29 is 9.90 Å². The highest BCUT2D eigenvalue weighted by atomic mass is 16.3. The van der Waals surface area contributed by atoms with Crippen molar-refractivity contribution >= 4 is 5.91 Å². The first kappa shape index (κ1) is 16.9. The smallest absolute Gasteiger partial charge is 0.236 e. The number of aliphatic hydroxyl groups is 1. The van der Waals surface area contributed by atoms with Crippen molar-refractivity contribution in [1.82, 2.24) is 9.80 Å². The number of carbonyl (C=O) groups excluding carboxylic acids is 1. The van der Waals surface area contributed by atoms with Crippen LogP contribution in [0.15, 0.2) is 0 Å². The van der Waals surface area contributed by atoms with Crippen molar-refractivity contribution in [3.05, 3.63) is 0 Å². The lowest BCUT2D eigenvalue weighted by Crippen LogP contribution is -2.44. The number of rotatable bonds is 7. The zero-order valence-corrected chi connectivity index (χ0v) is 12.1. The summed E-state index contributed by atoms with van der Waals surface area (Å²) in [6, 6.07) is 2.13. The van der Waals surface area contributed by atoms with E-state index >= 15 is 0 Å². The Bertz CT molecular complexity index is 304. The van der Waals surface area contributed by atoms with Gasteiger partial charge in [-0.15, -0.1) is 0 Å². The number of nitriles is 1. The minimum absolute atomic E-state index is 0.00801. The van der Waals surface area contributed by atoms with Gasteiger partial charge >= 0.3 is 0 Å². The van der Waals surface area contributed by atoms with E-state index in [2.05, 4.69) is 6.07 Å². The molecule has 0 aromatic rings. The van der Waals surface area contributed by atoms with Gasteiger partial charge in [0.05, 0.1) is 24.1 Å². The molecule has 0 radical (unpaired) electrons. The number of hydrogen-bond acceptors (Lipinski definition) is 4. The highest BCUT2D eigenvalue weighted by Gasteiger charge is 2.20. The molecule has 0 aromatic heterocycles. The molecule has 0 aliphatic heterocycles. The minimum Gasteiger partial charge on any atom is -0.389 e. The van der Waals surface area contributed by atoms with E-state index in [-0.39, 0.29) is 18.4 Å². The van der Waals surface area contributed by atoms with Gasteiger partial charge < -0.3 is 10.0 Å². The van der Waals surface area contributed by atoms with Crippen LogP contribution in [-0.2, 0) is 4.79 Å². The molecule has 0 fully saturated rings. The molecule has 0 heterocycles. The molecule has 5 heteroatoms. The monoisotopic (exact) mass is 255 g/mol. The van der Waals surface area contributed by atoms with Crippen molar-refractivity contribution in [2.45, 2.75) is 33.3 Å². The van der Waals surface area contributed by atoms with Gasteiger partial charge in [0.1, 0.15) is 0 Å². The van der Waals surface area contributed by atoms with E-state index in [4.69, 9.17) is 5.26 Å². The fourth-order valence-corrected chi connectivity index (χ4v) is 1.83. The minimum atomic E-state index is -0.813.